The first-order valence-corrected chi connectivity index (χ1v) is 6.96. The van der Waals surface area contributed by atoms with Crippen LogP contribution in [-0.4, -0.2) is 4.98 Å². The van der Waals surface area contributed by atoms with Crippen molar-refractivity contribution >= 4 is 29.6 Å². The van der Waals surface area contributed by atoms with E-state index in [0.29, 0.717) is 28.2 Å². The molecule has 0 aliphatic rings. The Morgan fingerprint density at radius 2 is 2.14 bits per heavy atom. The SMILES string of the molecule is CCc1cc(/C(N)=C(\C#N)c2ccccn2)cc(N)c1S. The molecule has 0 unspecified atom stereocenters. The van der Waals surface area contributed by atoms with Gasteiger partial charge in [-0.2, -0.15) is 5.26 Å². The first kappa shape index (κ1) is 14.9. The molecule has 1 aromatic heterocycles. The fraction of sp³-hybridized carbons (Fsp3) is 0.125. The number of anilines is 1. The second-order valence-electron chi connectivity index (χ2n) is 4.54. The molecule has 0 amide bonds. The molecule has 1 heterocycles. The maximum Gasteiger partial charge on any atom is 0.104 e. The monoisotopic (exact) mass is 296 g/mol. The van der Waals surface area contributed by atoms with E-state index in [-0.39, 0.29) is 0 Å². The number of aromatic nitrogens is 1. The first-order valence-electron chi connectivity index (χ1n) is 6.51. The Labute approximate surface area is 129 Å². The van der Waals surface area contributed by atoms with Crippen molar-refractivity contribution in [2.24, 2.45) is 5.73 Å². The number of nitrogens with zero attached hydrogens (tertiary/aromatic N) is 2. The summed E-state index contributed by atoms with van der Waals surface area (Å²) in [6.45, 7) is 2.02. The van der Waals surface area contributed by atoms with Gasteiger partial charge in [0.2, 0.25) is 0 Å². The zero-order valence-corrected chi connectivity index (χ0v) is 12.6. The van der Waals surface area contributed by atoms with Crippen LogP contribution in [0.3, 0.4) is 0 Å². The first-order chi connectivity index (χ1) is 10.1. The lowest BCUT2D eigenvalue weighted by molar-refractivity contribution is 1.08. The van der Waals surface area contributed by atoms with Gasteiger partial charge in [0.15, 0.2) is 0 Å². The lowest BCUT2D eigenvalue weighted by Gasteiger charge is -2.11. The van der Waals surface area contributed by atoms with E-state index in [2.05, 4.69) is 23.7 Å². The normalized spacial score (nSPS) is 11.7. The van der Waals surface area contributed by atoms with E-state index in [1.807, 2.05) is 19.1 Å². The van der Waals surface area contributed by atoms with Gasteiger partial charge < -0.3 is 11.5 Å². The quantitative estimate of drug-likeness (QED) is 0.461. The van der Waals surface area contributed by atoms with Gasteiger partial charge in [0.05, 0.1) is 11.4 Å². The van der Waals surface area contributed by atoms with Crippen LogP contribution in [0.2, 0.25) is 0 Å². The van der Waals surface area contributed by atoms with Crippen molar-refractivity contribution < 1.29 is 0 Å². The maximum atomic E-state index is 9.39. The summed E-state index contributed by atoms with van der Waals surface area (Å²) in [5.74, 6) is 0. The molecule has 2 aromatic rings. The van der Waals surface area contributed by atoms with Crippen LogP contribution in [0.4, 0.5) is 5.69 Å². The number of rotatable bonds is 3. The number of hydrogen-bond donors (Lipinski definition) is 3. The molecule has 0 saturated heterocycles. The highest BCUT2D eigenvalue weighted by Gasteiger charge is 2.12. The number of hydrogen-bond acceptors (Lipinski definition) is 5. The highest BCUT2D eigenvalue weighted by atomic mass is 32.1. The highest BCUT2D eigenvalue weighted by molar-refractivity contribution is 7.80. The minimum Gasteiger partial charge on any atom is -0.398 e. The molecule has 4 nitrogen and oxygen atoms in total. The van der Waals surface area contributed by atoms with Gasteiger partial charge in [-0.05, 0) is 36.2 Å². The Hall–Kier alpha value is -2.45. The molecular weight excluding hydrogens is 280 g/mol. The van der Waals surface area contributed by atoms with Gasteiger partial charge in [-0.25, -0.2) is 0 Å². The van der Waals surface area contributed by atoms with Crippen LogP contribution in [0, 0.1) is 11.3 Å². The van der Waals surface area contributed by atoms with E-state index in [1.54, 1.807) is 24.4 Å². The molecule has 1 aromatic carbocycles. The standard InChI is InChI=1S/C16H16N4S/c1-2-10-7-11(8-13(18)16(10)21)15(19)12(9-17)14-5-3-4-6-20-14/h3-8,21H,2,18-19H2,1H3/b15-12-. The molecule has 0 fully saturated rings. The molecular formula is C16H16N4S. The van der Waals surface area contributed by atoms with Gasteiger partial charge in [-0.1, -0.05) is 13.0 Å². The van der Waals surface area contributed by atoms with Crippen molar-refractivity contribution in [3.63, 3.8) is 0 Å². The Kier molecular flexibility index (Phi) is 4.51. The fourth-order valence-electron chi connectivity index (χ4n) is 2.05. The molecule has 0 radical (unpaired) electrons. The molecule has 0 saturated carbocycles. The second kappa shape index (κ2) is 6.33. The second-order valence-corrected chi connectivity index (χ2v) is 4.99. The van der Waals surface area contributed by atoms with Crippen LogP contribution in [0.5, 0.6) is 0 Å². The molecule has 0 aliphatic carbocycles. The van der Waals surface area contributed by atoms with Crippen LogP contribution in [0.15, 0.2) is 41.4 Å². The Balaban J connectivity index is 2.62. The molecule has 0 atom stereocenters. The van der Waals surface area contributed by atoms with E-state index < -0.39 is 0 Å². The fourth-order valence-corrected chi connectivity index (χ4v) is 2.34. The average Bonchev–Trinajstić information content (AvgIpc) is 2.51. The van der Waals surface area contributed by atoms with E-state index in [4.69, 9.17) is 11.5 Å². The smallest absolute Gasteiger partial charge is 0.104 e. The summed E-state index contributed by atoms with van der Waals surface area (Å²) in [6.07, 6.45) is 2.41. The Morgan fingerprint density at radius 1 is 1.38 bits per heavy atom. The number of nitriles is 1. The van der Waals surface area contributed by atoms with Crippen LogP contribution in [-0.2, 0) is 6.42 Å². The molecule has 106 valence electrons. The van der Waals surface area contributed by atoms with Crippen molar-refractivity contribution in [3.8, 4) is 6.07 Å². The summed E-state index contributed by atoms with van der Waals surface area (Å²) >= 11 is 4.39. The summed E-state index contributed by atoms with van der Waals surface area (Å²) in [7, 11) is 0. The molecule has 0 bridgehead atoms. The Morgan fingerprint density at radius 3 is 2.71 bits per heavy atom. The number of thiol groups is 1. The minimum atomic E-state index is 0.337. The lowest BCUT2D eigenvalue weighted by Crippen LogP contribution is -2.04. The van der Waals surface area contributed by atoms with Crippen LogP contribution < -0.4 is 11.5 Å². The lowest BCUT2D eigenvalue weighted by atomic mass is 10.0. The predicted octanol–water partition coefficient (Wildman–Crippen LogP) is 2.87. The molecule has 0 spiro atoms. The van der Waals surface area contributed by atoms with E-state index in [0.717, 1.165) is 16.9 Å². The van der Waals surface area contributed by atoms with E-state index in [9.17, 15) is 5.26 Å². The van der Waals surface area contributed by atoms with Crippen molar-refractivity contribution in [3.05, 3.63) is 53.3 Å². The van der Waals surface area contributed by atoms with Crippen LogP contribution >= 0.6 is 12.6 Å². The largest absolute Gasteiger partial charge is 0.398 e. The van der Waals surface area contributed by atoms with Gasteiger partial charge in [0.1, 0.15) is 11.6 Å². The molecule has 5 heteroatoms. The van der Waals surface area contributed by atoms with Crippen molar-refractivity contribution in [1.29, 1.82) is 5.26 Å². The topological polar surface area (TPSA) is 88.7 Å². The number of aryl methyl sites for hydroxylation is 1. The molecule has 0 aliphatic heterocycles. The van der Waals surface area contributed by atoms with Crippen molar-refractivity contribution in [1.82, 2.24) is 4.98 Å². The Bertz CT molecular complexity index is 730. The van der Waals surface area contributed by atoms with E-state index >= 15 is 0 Å². The average molecular weight is 296 g/mol. The summed E-state index contributed by atoms with van der Waals surface area (Å²) in [5, 5.41) is 9.39. The zero-order valence-electron chi connectivity index (χ0n) is 11.7. The number of nitrogens with two attached hydrogens (primary N) is 2. The molecule has 4 N–H and O–H groups in total. The molecule has 2 rings (SSSR count). The van der Waals surface area contributed by atoms with E-state index in [1.165, 1.54) is 0 Å². The van der Waals surface area contributed by atoms with Crippen LogP contribution in [0.25, 0.3) is 11.3 Å². The number of pyridine rings is 1. The van der Waals surface area contributed by atoms with Crippen LogP contribution in [0.1, 0.15) is 23.7 Å². The summed E-state index contributed by atoms with van der Waals surface area (Å²) in [4.78, 5) is 4.93. The number of nitrogen functional groups attached to an aromatic ring is 1. The van der Waals surface area contributed by atoms with Gasteiger partial charge in [-0.15, -0.1) is 12.6 Å². The van der Waals surface area contributed by atoms with Gasteiger partial charge in [0, 0.05) is 22.3 Å². The molecule has 21 heavy (non-hydrogen) atoms. The summed E-state index contributed by atoms with van der Waals surface area (Å²) in [6, 6.07) is 11.1. The third-order valence-corrected chi connectivity index (χ3v) is 3.76. The summed E-state index contributed by atoms with van der Waals surface area (Å²) < 4.78 is 0. The third-order valence-electron chi connectivity index (χ3n) is 3.21. The predicted molar refractivity (Wildman–Crippen MR) is 88.3 cm³/mol. The van der Waals surface area contributed by atoms with Gasteiger partial charge in [-0.3, -0.25) is 4.98 Å². The maximum absolute atomic E-state index is 9.39. The minimum absolute atomic E-state index is 0.337. The zero-order chi connectivity index (χ0) is 15.4. The number of benzene rings is 1. The van der Waals surface area contributed by atoms with Gasteiger partial charge >= 0.3 is 0 Å². The van der Waals surface area contributed by atoms with Gasteiger partial charge in [0.25, 0.3) is 0 Å². The van der Waals surface area contributed by atoms with Crippen molar-refractivity contribution in [2.75, 3.05) is 5.73 Å². The highest BCUT2D eigenvalue weighted by Crippen LogP contribution is 2.28. The third kappa shape index (κ3) is 3.01. The summed E-state index contributed by atoms with van der Waals surface area (Å²) in [5.41, 5.74) is 15.6. The number of allylic oxidation sites excluding steroid dienone is 1. The van der Waals surface area contributed by atoms with Crippen molar-refractivity contribution in [2.45, 2.75) is 18.2 Å².